The van der Waals surface area contributed by atoms with E-state index in [2.05, 4.69) is 44.7 Å². The molecule has 0 amide bonds. The van der Waals surface area contributed by atoms with E-state index in [1.165, 1.54) is 30.5 Å². The van der Waals surface area contributed by atoms with Crippen molar-refractivity contribution in [2.75, 3.05) is 11.4 Å². The SMILES string of the molecule is c1ccc2c(c1)CCCCN2c1nnc(CNC2CC2)o1. The lowest BCUT2D eigenvalue weighted by Gasteiger charge is -2.19. The molecule has 1 aliphatic heterocycles. The highest BCUT2D eigenvalue weighted by Gasteiger charge is 2.23. The Morgan fingerprint density at radius 2 is 2.10 bits per heavy atom. The third-order valence-corrected chi connectivity index (χ3v) is 4.17. The summed E-state index contributed by atoms with van der Waals surface area (Å²) < 4.78 is 5.85. The van der Waals surface area contributed by atoms with Crippen LogP contribution in [0, 0.1) is 0 Å². The minimum atomic E-state index is 0.622. The standard InChI is InChI=1S/C16H20N4O/c1-2-7-14-12(5-1)6-3-4-10-20(14)16-19-18-15(21-16)11-17-13-8-9-13/h1-2,5,7,13,17H,3-4,6,8-11H2. The van der Waals surface area contributed by atoms with Crippen molar-refractivity contribution in [3.05, 3.63) is 35.7 Å². The molecule has 5 nitrogen and oxygen atoms in total. The van der Waals surface area contributed by atoms with E-state index >= 15 is 0 Å². The van der Waals surface area contributed by atoms with Crippen molar-refractivity contribution < 1.29 is 4.42 Å². The first-order valence-electron chi connectivity index (χ1n) is 7.81. The number of nitrogens with zero attached hydrogens (tertiary/aromatic N) is 3. The number of hydrogen-bond donors (Lipinski definition) is 1. The summed E-state index contributed by atoms with van der Waals surface area (Å²) >= 11 is 0. The number of para-hydroxylation sites is 1. The zero-order chi connectivity index (χ0) is 14.1. The van der Waals surface area contributed by atoms with Gasteiger partial charge in [-0.1, -0.05) is 23.3 Å². The highest BCUT2D eigenvalue weighted by atomic mass is 16.4. The molecule has 0 atom stereocenters. The Balaban J connectivity index is 1.57. The second kappa shape index (κ2) is 5.48. The summed E-state index contributed by atoms with van der Waals surface area (Å²) in [4.78, 5) is 2.16. The van der Waals surface area contributed by atoms with Crippen molar-refractivity contribution in [2.24, 2.45) is 0 Å². The molecule has 1 aromatic carbocycles. The number of nitrogens with one attached hydrogen (secondary N) is 1. The second-order valence-electron chi connectivity index (χ2n) is 5.87. The predicted octanol–water partition coefficient (Wildman–Crippen LogP) is 2.80. The molecule has 2 heterocycles. The maximum Gasteiger partial charge on any atom is 0.322 e. The molecule has 4 rings (SSSR count). The number of aryl methyl sites for hydroxylation is 1. The first kappa shape index (κ1) is 12.8. The van der Waals surface area contributed by atoms with E-state index in [9.17, 15) is 0 Å². The van der Waals surface area contributed by atoms with Crippen LogP contribution in [0.3, 0.4) is 0 Å². The van der Waals surface area contributed by atoms with Crippen molar-refractivity contribution in [1.29, 1.82) is 0 Å². The molecule has 0 spiro atoms. The van der Waals surface area contributed by atoms with E-state index in [0.29, 0.717) is 24.5 Å². The van der Waals surface area contributed by atoms with E-state index in [1.807, 2.05) is 0 Å². The minimum absolute atomic E-state index is 0.622. The third kappa shape index (κ3) is 2.78. The van der Waals surface area contributed by atoms with Crippen molar-refractivity contribution in [3.63, 3.8) is 0 Å². The van der Waals surface area contributed by atoms with Crippen LogP contribution in [0.25, 0.3) is 0 Å². The van der Waals surface area contributed by atoms with Crippen LogP contribution in [0.15, 0.2) is 28.7 Å². The maximum atomic E-state index is 5.85. The molecule has 1 fully saturated rings. The van der Waals surface area contributed by atoms with Crippen LogP contribution < -0.4 is 10.2 Å². The molecular weight excluding hydrogens is 264 g/mol. The van der Waals surface area contributed by atoms with Gasteiger partial charge in [0.05, 0.1) is 6.54 Å². The first-order valence-corrected chi connectivity index (χ1v) is 7.81. The maximum absolute atomic E-state index is 5.85. The number of anilines is 2. The van der Waals surface area contributed by atoms with Gasteiger partial charge in [-0.25, -0.2) is 0 Å². The highest BCUT2D eigenvalue weighted by Crippen LogP contribution is 2.31. The van der Waals surface area contributed by atoms with E-state index in [1.54, 1.807) is 0 Å². The van der Waals surface area contributed by atoms with E-state index in [4.69, 9.17) is 4.42 Å². The summed E-state index contributed by atoms with van der Waals surface area (Å²) in [5.74, 6) is 0.679. The molecule has 0 saturated heterocycles. The summed E-state index contributed by atoms with van der Waals surface area (Å²) in [5, 5.41) is 11.8. The molecule has 0 bridgehead atoms. The van der Waals surface area contributed by atoms with Crippen molar-refractivity contribution >= 4 is 11.7 Å². The number of benzene rings is 1. The Morgan fingerprint density at radius 1 is 1.19 bits per heavy atom. The Labute approximate surface area is 124 Å². The van der Waals surface area contributed by atoms with Crippen LogP contribution in [-0.4, -0.2) is 22.8 Å². The predicted molar refractivity (Wildman–Crippen MR) is 80.5 cm³/mol. The highest BCUT2D eigenvalue weighted by molar-refractivity contribution is 5.61. The summed E-state index contributed by atoms with van der Waals surface area (Å²) in [6, 6.07) is 9.78. The topological polar surface area (TPSA) is 54.2 Å². The lowest BCUT2D eigenvalue weighted by Crippen LogP contribution is -2.18. The first-order chi connectivity index (χ1) is 10.4. The fourth-order valence-corrected chi connectivity index (χ4v) is 2.83. The van der Waals surface area contributed by atoms with Gasteiger partial charge in [0.2, 0.25) is 5.89 Å². The molecule has 1 saturated carbocycles. The van der Waals surface area contributed by atoms with Gasteiger partial charge in [0.25, 0.3) is 0 Å². The second-order valence-corrected chi connectivity index (χ2v) is 5.87. The van der Waals surface area contributed by atoms with Gasteiger partial charge in [-0.05, 0) is 43.7 Å². The van der Waals surface area contributed by atoms with Crippen molar-refractivity contribution in [1.82, 2.24) is 15.5 Å². The Bertz CT molecular complexity index is 620. The quantitative estimate of drug-likeness (QED) is 0.935. The van der Waals surface area contributed by atoms with Crippen molar-refractivity contribution in [3.8, 4) is 0 Å². The molecule has 0 unspecified atom stereocenters. The summed E-state index contributed by atoms with van der Waals surface area (Å²) in [6.07, 6.45) is 6.00. The number of aromatic nitrogens is 2. The van der Waals surface area contributed by atoms with Gasteiger partial charge >= 0.3 is 6.01 Å². The molecule has 110 valence electrons. The van der Waals surface area contributed by atoms with Gasteiger partial charge < -0.3 is 9.73 Å². The number of hydrogen-bond acceptors (Lipinski definition) is 5. The average Bonchev–Trinajstić information content (AvgIpc) is 3.27. The summed E-state index contributed by atoms with van der Waals surface area (Å²) in [7, 11) is 0. The number of rotatable bonds is 4. The van der Waals surface area contributed by atoms with Crippen LogP contribution in [0.5, 0.6) is 0 Å². The van der Waals surface area contributed by atoms with Gasteiger partial charge in [0, 0.05) is 18.3 Å². The summed E-state index contributed by atoms with van der Waals surface area (Å²) in [5.41, 5.74) is 2.58. The zero-order valence-corrected chi connectivity index (χ0v) is 12.1. The summed E-state index contributed by atoms with van der Waals surface area (Å²) in [6.45, 7) is 1.61. The third-order valence-electron chi connectivity index (χ3n) is 4.17. The van der Waals surface area contributed by atoms with Crippen LogP contribution in [-0.2, 0) is 13.0 Å². The van der Waals surface area contributed by atoms with Crippen LogP contribution in [0.2, 0.25) is 0 Å². The fraction of sp³-hybridized carbons (Fsp3) is 0.500. The van der Waals surface area contributed by atoms with Gasteiger partial charge in [-0.15, -0.1) is 5.10 Å². The molecule has 1 N–H and O–H groups in total. The van der Waals surface area contributed by atoms with Crippen LogP contribution in [0.4, 0.5) is 11.7 Å². The van der Waals surface area contributed by atoms with Gasteiger partial charge in [-0.3, -0.25) is 4.90 Å². The molecule has 1 aliphatic carbocycles. The smallest absolute Gasteiger partial charge is 0.322 e. The minimum Gasteiger partial charge on any atom is -0.406 e. The van der Waals surface area contributed by atoms with E-state index < -0.39 is 0 Å². The monoisotopic (exact) mass is 284 g/mol. The van der Waals surface area contributed by atoms with Crippen molar-refractivity contribution in [2.45, 2.75) is 44.7 Å². The Kier molecular flexibility index (Phi) is 3.35. The lowest BCUT2D eigenvalue weighted by molar-refractivity contribution is 0.467. The van der Waals surface area contributed by atoms with Crippen LogP contribution >= 0.6 is 0 Å². The lowest BCUT2D eigenvalue weighted by atomic mass is 10.1. The van der Waals surface area contributed by atoms with Gasteiger partial charge in [0.1, 0.15) is 0 Å². The largest absolute Gasteiger partial charge is 0.406 e. The molecule has 2 aliphatic rings. The zero-order valence-electron chi connectivity index (χ0n) is 12.1. The Morgan fingerprint density at radius 3 is 3.00 bits per heavy atom. The molecule has 0 radical (unpaired) electrons. The Hall–Kier alpha value is -1.88. The average molecular weight is 284 g/mol. The molecule has 1 aromatic heterocycles. The molecule has 21 heavy (non-hydrogen) atoms. The van der Waals surface area contributed by atoms with Gasteiger partial charge in [0.15, 0.2) is 0 Å². The normalized spacial score (nSPS) is 18.4. The van der Waals surface area contributed by atoms with Gasteiger partial charge in [-0.2, -0.15) is 0 Å². The van der Waals surface area contributed by atoms with E-state index in [0.717, 1.165) is 19.4 Å². The van der Waals surface area contributed by atoms with Crippen LogP contribution in [0.1, 0.15) is 37.1 Å². The number of fused-ring (bicyclic) bond motifs is 1. The van der Waals surface area contributed by atoms with E-state index in [-0.39, 0.29) is 0 Å². The molecule has 5 heteroatoms. The molecular formula is C16H20N4O. The fourth-order valence-electron chi connectivity index (χ4n) is 2.83. The molecule has 2 aromatic rings.